The van der Waals surface area contributed by atoms with Crippen LogP contribution in [0.5, 0.6) is 0 Å². The van der Waals surface area contributed by atoms with Crippen LogP contribution >= 0.6 is 0 Å². The van der Waals surface area contributed by atoms with Crippen LogP contribution in [0.4, 0.5) is 0 Å². The Kier molecular flexibility index (Phi) is 5.55. The lowest BCUT2D eigenvalue weighted by Crippen LogP contribution is -2.28. The van der Waals surface area contributed by atoms with E-state index in [0.29, 0.717) is 24.6 Å². The first-order valence-electron chi connectivity index (χ1n) is 7.18. The smallest absolute Gasteiger partial charge is 0.341 e. The molecule has 112 valence electrons. The molecule has 2 rings (SSSR count). The van der Waals surface area contributed by atoms with Crippen molar-refractivity contribution in [3.05, 3.63) is 17.5 Å². The minimum absolute atomic E-state index is 0.302. The van der Waals surface area contributed by atoms with Crippen LogP contribution in [0, 0.1) is 5.92 Å². The van der Waals surface area contributed by atoms with Gasteiger partial charge >= 0.3 is 5.97 Å². The van der Waals surface area contributed by atoms with Crippen LogP contribution in [0.15, 0.2) is 6.20 Å². The number of hydrogen-bond donors (Lipinski definition) is 1. The topological polar surface area (TPSA) is 65.4 Å². The van der Waals surface area contributed by atoms with Gasteiger partial charge in [-0.1, -0.05) is 0 Å². The van der Waals surface area contributed by atoms with E-state index in [4.69, 9.17) is 9.47 Å². The highest BCUT2D eigenvalue weighted by Crippen LogP contribution is 2.14. The van der Waals surface area contributed by atoms with Crippen molar-refractivity contribution in [3.63, 3.8) is 0 Å². The summed E-state index contributed by atoms with van der Waals surface area (Å²) in [4.78, 5) is 11.8. The molecule has 1 aliphatic heterocycles. The molecule has 1 aliphatic rings. The summed E-state index contributed by atoms with van der Waals surface area (Å²) in [5, 5.41) is 7.55. The summed E-state index contributed by atoms with van der Waals surface area (Å²) < 4.78 is 12.1. The molecule has 0 atom stereocenters. The molecule has 0 amide bonds. The van der Waals surface area contributed by atoms with Gasteiger partial charge in [0.25, 0.3) is 0 Å². The quantitative estimate of drug-likeness (QED) is 0.791. The molecule has 0 saturated carbocycles. The van der Waals surface area contributed by atoms with Crippen LogP contribution in [0.2, 0.25) is 0 Å². The molecule has 0 aliphatic carbocycles. The van der Waals surface area contributed by atoms with Gasteiger partial charge in [-0.3, -0.25) is 4.68 Å². The molecule has 1 fully saturated rings. The summed E-state index contributed by atoms with van der Waals surface area (Å²) in [6.07, 6.45) is 3.77. The summed E-state index contributed by atoms with van der Waals surface area (Å²) in [6, 6.07) is 0. The highest BCUT2D eigenvalue weighted by molar-refractivity contribution is 5.90. The minimum atomic E-state index is -0.302. The fourth-order valence-corrected chi connectivity index (χ4v) is 2.40. The number of carbonyl (C=O) groups excluding carboxylic acids is 1. The van der Waals surface area contributed by atoms with Gasteiger partial charge in [0.15, 0.2) is 0 Å². The monoisotopic (exact) mass is 281 g/mol. The maximum atomic E-state index is 11.8. The van der Waals surface area contributed by atoms with Crippen molar-refractivity contribution in [2.45, 2.75) is 26.3 Å². The second-order valence-corrected chi connectivity index (χ2v) is 5.04. The zero-order valence-electron chi connectivity index (χ0n) is 12.2. The zero-order valence-corrected chi connectivity index (χ0v) is 12.2. The third-order valence-corrected chi connectivity index (χ3v) is 3.62. The van der Waals surface area contributed by atoms with E-state index >= 15 is 0 Å². The van der Waals surface area contributed by atoms with Crippen LogP contribution in [-0.4, -0.2) is 42.1 Å². The first-order chi connectivity index (χ1) is 9.72. The molecule has 1 N–H and O–H groups in total. The highest BCUT2D eigenvalue weighted by Gasteiger charge is 2.18. The predicted octanol–water partition coefficient (Wildman–Crippen LogP) is 1.11. The van der Waals surface area contributed by atoms with Gasteiger partial charge in [-0.05, 0) is 32.2 Å². The van der Waals surface area contributed by atoms with Gasteiger partial charge < -0.3 is 14.8 Å². The molecule has 0 bridgehead atoms. The lowest BCUT2D eigenvalue weighted by Gasteiger charge is -2.22. The Morgan fingerprint density at radius 2 is 2.30 bits per heavy atom. The third-order valence-electron chi connectivity index (χ3n) is 3.62. The van der Waals surface area contributed by atoms with Crippen LogP contribution in [0.1, 0.15) is 35.8 Å². The number of aryl methyl sites for hydroxylation is 1. The fraction of sp³-hybridized carbons (Fsp3) is 0.714. The van der Waals surface area contributed by atoms with Gasteiger partial charge in [0.1, 0.15) is 5.56 Å². The van der Waals surface area contributed by atoms with E-state index < -0.39 is 0 Å². The Morgan fingerprint density at radius 1 is 1.55 bits per heavy atom. The molecule has 20 heavy (non-hydrogen) atoms. The molecule has 6 heteroatoms. The number of carbonyl (C=O) groups is 1. The molecule has 0 radical (unpaired) electrons. The normalized spacial score (nSPS) is 16.3. The molecular formula is C14H23N3O3. The van der Waals surface area contributed by atoms with E-state index in [1.807, 2.05) is 7.05 Å². The van der Waals surface area contributed by atoms with Crippen molar-refractivity contribution in [2.24, 2.45) is 13.0 Å². The van der Waals surface area contributed by atoms with E-state index in [2.05, 4.69) is 10.4 Å². The second kappa shape index (κ2) is 7.40. The van der Waals surface area contributed by atoms with E-state index in [9.17, 15) is 4.79 Å². The second-order valence-electron chi connectivity index (χ2n) is 5.04. The Morgan fingerprint density at radius 3 is 3.00 bits per heavy atom. The van der Waals surface area contributed by atoms with Crippen molar-refractivity contribution in [3.8, 4) is 0 Å². The number of aromatic nitrogens is 2. The lowest BCUT2D eigenvalue weighted by molar-refractivity contribution is 0.0524. The van der Waals surface area contributed by atoms with Crippen molar-refractivity contribution < 1.29 is 14.3 Å². The Hall–Kier alpha value is -1.40. The van der Waals surface area contributed by atoms with Gasteiger partial charge in [0.2, 0.25) is 0 Å². The summed E-state index contributed by atoms with van der Waals surface area (Å²) in [5.41, 5.74) is 1.42. The van der Waals surface area contributed by atoms with Crippen molar-refractivity contribution in [1.29, 1.82) is 0 Å². The molecule has 1 aromatic rings. The standard InChI is InChI=1S/C14H23N3O3/c1-3-20-14(18)12-9-16-17(2)13(12)10-15-8-11-4-6-19-7-5-11/h9,11,15H,3-8,10H2,1-2H3. The first kappa shape index (κ1) is 15.0. The minimum Gasteiger partial charge on any atom is -0.462 e. The van der Waals surface area contributed by atoms with Crippen molar-refractivity contribution >= 4 is 5.97 Å². The molecular weight excluding hydrogens is 258 g/mol. The van der Waals surface area contributed by atoms with E-state index in [0.717, 1.165) is 38.3 Å². The summed E-state index contributed by atoms with van der Waals surface area (Å²) in [7, 11) is 1.84. The maximum Gasteiger partial charge on any atom is 0.341 e. The molecule has 1 aromatic heterocycles. The molecule has 2 heterocycles. The van der Waals surface area contributed by atoms with Crippen molar-refractivity contribution in [2.75, 3.05) is 26.4 Å². The Balaban J connectivity index is 1.88. The largest absolute Gasteiger partial charge is 0.462 e. The number of ether oxygens (including phenoxy) is 2. The Labute approximate surface area is 119 Å². The first-order valence-corrected chi connectivity index (χ1v) is 7.18. The third kappa shape index (κ3) is 3.80. The van der Waals surface area contributed by atoms with E-state index in [1.54, 1.807) is 17.8 Å². The number of nitrogens with zero attached hydrogens (tertiary/aromatic N) is 2. The number of hydrogen-bond acceptors (Lipinski definition) is 5. The van der Waals surface area contributed by atoms with Gasteiger partial charge in [-0.15, -0.1) is 0 Å². The lowest BCUT2D eigenvalue weighted by atomic mass is 10.0. The van der Waals surface area contributed by atoms with Crippen LogP contribution < -0.4 is 5.32 Å². The fourth-order valence-electron chi connectivity index (χ4n) is 2.40. The van der Waals surface area contributed by atoms with Crippen molar-refractivity contribution in [1.82, 2.24) is 15.1 Å². The van der Waals surface area contributed by atoms with Gasteiger partial charge in [0, 0.05) is 26.8 Å². The SMILES string of the molecule is CCOC(=O)c1cnn(C)c1CNCC1CCOCC1. The summed E-state index contributed by atoms with van der Waals surface area (Å²) in [5.74, 6) is 0.353. The predicted molar refractivity (Wildman–Crippen MR) is 74.4 cm³/mol. The van der Waals surface area contributed by atoms with Gasteiger partial charge in [-0.2, -0.15) is 5.10 Å². The average molecular weight is 281 g/mol. The average Bonchev–Trinajstić information content (AvgIpc) is 2.82. The number of nitrogens with one attached hydrogen (secondary N) is 1. The number of rotatable bonds is 6. The van der Waals surface area contributed by atoms with Crippen LogP contribution in [-0.2, 0) is 23.1 Å². The molecule has 6 nitrogen and oxygen atoms in total. The van der Waals surface area contributed by atoms with Crippen LogP contribution in [0.3, 0.4) is 0 Å². The zero-order chi connectivity index (χ0) is 14.4. The highest BCUT2D eigenvalue weighted by atomic mass is 16.5. The summed E-state index contributed by atoms with van der Waals surface area (Å²) in [6.45, 7) is 5.46. The van der Waals surface area contributed by atoms with E-state index in [1.165, 1.54) is 0 Å². The number of esters is 1. The molecule has 0 spiro atoms. The van der Waals surface area contributed by atoms with Gasteiger partial charge in [-0.25, -0.2) is 4.79 Å². The molecule has 1 saturated heterocycles. The molecule has 0 unspecified atom stereocenters. The maximum absolute atomic E-state index is 11.8. The van der Waals surface area contributed by atoms with Gasteiger partial charge in [0.05, 0.1) is 18.5 Å². The molecule has 0 aromatic carbocycles. The van der Waals surface area contributed by atoms with Crippen LogP contribution in [0.25, 0.3) is 0 Å². The van der Waals surface area contributed by atoms with E-state index in [-0.39, 0.29) is 5.97 Å². The summed E-state index contributed by atoms with van der Waals surface area (Å²) >= 11 is 0. The Bertz CT molecular complexity index is 439.